The lowest BCUT2D eigenvalue weighted by Gasteiger charge is -2.46. The summed E-state index contributed by atoms with van der Waals surface area (Å²) in [6.45, 7) is 10.6. The van der Waals surface area contributed by atoms with Crippen molar-refractivity contribution in [2.45, 2.75) is 38.8 Å². The Morgan fingerprint density at radius 2 is 2.00 bits per heavy atom. The molecule has 0 saturated carbocycles. The molecule has 1 saturated heterocycles. The average Bonchev–Trinajstić information content (AvgIpc) is 2.49. The van der Waals surface area contributed by atoms with Gasteiger partial charge in [-0.1, -0.05) is 31.2 Å². The molecular formula is C17H28N2O. The van der Waals surface area contributed by atoms with Gasteiger partial charge in [-0.2, -0.15) is 0 Å². The number of rotatable bonds is 5. The number of hydrogen-bond acceptors (Lipinski definition) is 3. The first-order chi connectivity index (χ1) is 9.59. The number of hydrogen-bond donors (Lipinski definition) is 1. The lowest BCUT2D eigenvalue weighted by molar-refractivity contribution is -0.0229. The monoisotopic (exact) mass is 276 g/mol. The fourth-order valence-electron chi connectivity index (χ4n) is 3.24. The maximum atomic E-state index is 5.49. The number of aryl methyl sites for hydroxylation is 1. The second kappa shape index (κ2) is 6.70. The quantitative estimate of drug-likeness (QED) is 0.895. The van der Waals surface area contributed by atoms with Crippen LogP contribution in [-0.4, -0.2) is 43.8 Å². The number of nitrogens with one attached hydrogen (secondary N) is 1. The summed E-state index contributed by atoms with van der Waals surface area (Å²) in [6.07, 6.45) is 1.09. The molecule has 1 N–H and O–H groups in total. The summed E-state index contributed by atoms with van der Waals surface area (Å²) in [7, 11) is 2.06. The van der Waals surface area contributed by atoms with Crippen molar-refractivity contribution in [2.24, 2.45) is 0 Å². The zero-order valence-electron chi connectivity index (χ0n) is 13.3. The van der Waals surface area contributed by atoms with Gasteiger partial charge in [-0.15, -0.1) is 0 Å². The fraction of sp³-hybridized carbons (Fsp3) is 0.647. The maximum absolute atomic E-state index is 5.49. The van der Waals surface area contributed by atoms with Gasteiger partial charge in [0.2, 0.25) is 0 Å². The minimum atomic E-state index is 0.0743. The number of ether oxygens (including phenoxy) is 1. The van der Waals surface area contributed by atoms with Gasteiger partial charge in [0.05, 0.1) is 13.2 Å². The Kier molecular flexibility index (Phi) is 5.19. The van der Waals surface area contributed by atoms with E-state index in [-0.39, 0.29) is 5.54 Å². The molecule has 0 spiro atoms. The Balaban J connectivity index is 2.24. The molecule has 1 aromatic rings. The van der Waals surface area contributed by atoms with Gasteiger partial charge in [0, 0.05) is 24.7 Å². The highest BCUT2D eigenvalue weighted by molar-refractivity contribution is 5.28. The molecule has 0 amide bonds. The molecule has 1 unspecified atom stereocenters. The molecular weight excluding hydrogens is 248 g/mol. The molecule has 0 radical (unpaired) electrons. The third-order valence-electron chi connectivity index (χ3n) is 4.51. The van der Waals surface area contributed by atoms with Crippen LogP contribution in [0.1, 0.15) is 37.9 Å². The highest BCUT2D eigenvalue weighted by Crippen LogP contribution is 2.31. The van der Waals surface area contributed by atoms with E-state index in [0.29, 0.717) is 6.04 Å². The van der Waals surface area contributed by atoms with Gasteiger partial charge in [0.15, 0.2) is 0 Å². The zero-order chi connectivity index (χ0) is 14.6. The van der Waals surface area contributed by atoms with Crippen LogP contribution in [0.3, 0.4) is 0 Å². The van der Waals surface area contributed by atoms with Crippen molar-refractivity contribution in [2.75, 3.05) is 33.4 Å². The second-order valence-corrected chi connectivity index (χ2v) is 6.07. The lowest BCUT2D eigenvalue weighted by atomic mass is 9.86. The minimum Gasteiger partial charge on any atom is -0.379 e. The first-order valence-electron chi connectivity index (χ1n) is 7.68. The van der Waals surface area contributed by atoms with Gasteiger partial charge >= 0.3 is 0 Å². The van der Waals surface area contributed by atoms with Crippen molar-refractivity contribution in [1.29, 1.82) is 0 Å². The molecule has 112 valence electrons. The van der Waals surface area contributed by atoms with E-state index in [1.165, 1.54) is 11.1 Å². The molecule has 1 fully saturated rings. The molecule has 20 heavy (non-hydrogen) atoms. The average molecular weight is 276 g/mol. The molecule has 0 aromatic heterocycles. The van der Waals surface area contributed by atoms with E-state index in [2.05, 4.69) is 62.3 Å². The highest BCUT2D eigenvalue weighted by Gasteiger charge is 2.36. The van der Waals surface area contributed by atoms with Gasteiger partial charge in [0.1, 0.15) is 0 Å². The van der Waals surface area contributed by atoms with E-state index in [1.807, 2.05) is 0 Å². The van der Waals surface area contributed by atoms with Crippen molar-refractivity contribution >= 4 is 0 Å². The molecule has 0 bridgehead atoms. The van der Waals surface area contributed by atoms with Crippen LogP contribution in [0.4, 0.5) is 0 Å². The standard InChI is InChI=1S/C17H28N2O/c1-5-14-7-6-8-15(13-14)16(18-4)17(2,3)19-9-11-20-12-10-19/h6-8,13,16,18H,5,9-12H2,1-4H3. The van der Waals surface area contributed by atoms with Gasteiger partial charge in [-0.3, -0.25) is 4.90 Å². The third-order valence-corrected chi connectivity index (χ3v) is 4.51. The van der Waals surface area contributed by atoms with Crippen molar-refractivity contribution in [3.8, 4) is 0 Å². The van der Waals surface area contributed by atoms with Crippen LogP contribution in [-0.2, 0) is 11.2 Å². The summed E-state index contributed by atoms with van der Waals surface area (Å²) in [4.78, 5) is 2.54. The van der Waals surface area contributed by atoms with E-state index in [9.17, 15) is 0 Å². The normalized spacial score (nSPS) is 19.0. The largest absolute Gasteiger partial charge is 0.379 e. The lowest BCUT2D eigenvalue weighted by Crippen LogP contribution is -2.55. The first kappa shape index (κ1) is 15.5. The topological polar surface area (TPSA) is 24.5 Å². The zero-order valence-corrected chi connectivity index (χ0v) is 13.3. The van der Waals surface area contributed by atoms with Crippen LogP contribution in [0.15, 0.2) is 24.3 Å². The van der Waals surface area contributed by atoms with E-state index >= 15 is 0 Å². The van der Waals surface area contributed by atoms with Gasteiger partial charge in [-0.05, 0) is 38.4 Å². The Morgan fingerprint density at radius 3 is 2.60 bits per heavy atom. The predicted octanol–water partition coefficient (Wildman–Crippen LogP) is 2.62. The third kappa shape index (κ3) is 3.22. The summed E-state index contributed by atoms with van der Waals surface area (Å²) in [6, 6.07) is 9.28. The number of nitrogens with zero attached hydrogens (tertiary/aromatic N) is 1. The number of likely N-dealkylation sites (N-methyl/N-ethyl adjacent to an activating group) is 1. The van der Waals surface area contributed by atoms with E-state index in [1.54, 1.807) is 0 Å². The molecule has 1 heterocycles. The van der Waals surface area contributed by atoms with Crippen LogP contribution in [0.5, 0.6) is 0 Å². The highest BCUT2D eigenvalue weighted by atomic mass is 16.5. The maximum Gasteiger partial charge on any atom is 0.0594 e. The summed E-state index contributed by atoms with van der Waals surface area (Å²) < 4.78 is 5.49. The van der Waals surface area contributed by atoms with Crippen molar-refractivity contribution in [3.05, 3.63) is 35.4 Å². The summed E-state index contributed by atoms with van der Waals surface area (Å²) in [5.41, 5.74) is 2.86. The Hall–Kier alpha value is -0.900. The molecule has 1 aromatic carbocycles. The Morgan fingerprint density at radius 1 is 1.30 bits per heavy atom. The van der Waals surface area contributed by atoms with Gasteiger partial charge in [0.25, 0.3) is 0 Å². The van der Waals surface area contributed by atoms with E-state index in [4.69, 9.17) is 4.74 Å². The molecule has 2 rings (SSSR count). The Bertz CT molecular complexity index is 425. The second-order valence-electron chi connectivity index (χ2n) is 6.07. The first-order valence-corrected chi connectivity index (χ1v) is 7.68. The number of morpholine rings is 1. The molecule has 1 atom stereocenters. The van der Waals surface area contributed by atoms with Crippen LogP contribution < -0.4 is 5.32 Å². The molecule has 3 nitrogen and oxygen atoms in total. The SMILES string of the molecule is CCc1cccc(C(NC)C(C)(C)N2CCOCC2)c1. The fourth-order valence-corrected chi connectivity index (χ4v) is 3.24. The smallest absolute Gasteiger partial charge is 0.0594 e. The van der Waals surface area contributed by atoms with Crippen molar-refractivity contribution in [1.82, 2.24) is 10.2 Å². The van der Waals surface area contributed by atoms with E-state index in [0.717, 1.165) is 32.7 Å². The van der Waals surface area contributed by atoms with Crippen LogP contribution in [0, 0.1) is 0 Å². The van der Waals surface area contributed by atoms with E-state index < -0.39 is 0 Å². The molecule has 3 heteroatoms. The summed E-state index contributed by atoms with van der Waals surface area (Å²) in [5.74, 6) is 0. The van der Waals surface area contributed by atoms with Crippen LogP contribution in [0.25, 0.3) is 0 Å². The number of benzene rings is 1. The van der Waals surface area contributed by atoms with Crippen LogP contribution >= 0.6 is 0 Å². The molecule has 0 aliphatic carbocycles. The van der Waals surface area contributed by atoms with Gasteiger partial charge in [-0.25, -0.2) is 0 Å². The molecule has 1 aliphatic heterocycles. The minimum absolute atomic E-state index is 0.0743. The van der Waals surface area contributed by atoms with Gasteiger partial charge < -0.3 is 10.1 Å². The van der Waals surface area contributed by atoms with Crippen molar-refractivity contribution < 1.29 is 4.74 Å². The van der Waals surface area contributed by atoms with Crippen molar-refractivity contribution in [3.63, 3.8) is 0 Å². The van der Waals surface area contributed by atoms with Crippen LogP contribution in [0.2, 0.25) is 0 Å². The Labute approximate surface area is 123 Å². The predicted molar refractivity (Wildman–Crippen MR) is 84.1 cm³/mol. The molecule has 1 aliphatic rings. The summed E-state index contributed by atoms with van der Waals surface area (Å²) >= 11 is 0. The summed E-state index contributed by atoms with van der Waals surface area (Å²) in [5, 5.41) is 3.52.